The van der Waals surface area contributed by atoms with Crippen molar-refractivity contribution in [2.24, 2.45) is 11.7 Å². The molecule has 0 bridgehead atoms. The molecule has 1 aromatic rings. The van der Waals surface area contributed by atoms with Crippen LogP contribution in [0.25, 0.3) is 0 Å². The summed E-state index contributed by atoms with van der Waals surface area (Å²) in [6.45, 7) is 6.42. The van der Waals surface area contributed by atoms with E-state index < -0.39 is 0 Å². The minimum absolute atomic E-state index is 0.0540. The van der Waals surface area contributed by atoms with Crippen LogP contribution < -0.4 is 5.73 Å². The van der Waals surface area contributed by atoms with Crippen molar-refractivity contribution in [2.45, 2.75) is 51.5 Å². The summed E-state index contributed by atoms with van der Waals surface area (Å²) < 4.78 is 4.40. The maximum Gasteiger partial charge on any atom is 0.147 e. The van der Waals surface area contributed by atoms with E-state index in [0.717, 1.165) is 23.2 Å². The van der Waals surface area contributed by atoms with Crippen LogP contribution in [0, 0.1) is 5.92 Å². The molecule has 4 heteroatoms. The molecule has 1 saturated carbocycles. The van der Waals surface area contributed by atoms with Crippen molar-refractivity contribution < 1.29 is 0 Å². The van der Waals surface area contributed by atoms with Crippen molar-refractivity contribution in [3.8, 4) is 0 Å². The first kappa shape index (κ1) is 11.0. The van der Waals surface area contributed by atoms with Gasteiger partial charge in [0.05, 0.1) is 0 Å². The van der Waals surface area contributed by atoms with Crippen molar-refractivity contribution in [1.29, 1.82) is 0 Å². The quantitative estimate of drug-likeness (QED) is 0.857. The first-order valence-electron chi connectivity index (χ1n) is 5.55. The van der Waals surface area contributed by atoms with Gasteiger partial charge in [-0.3, -0.25) is 0 Å². The third-order valence-electron chi connectivity index (χ3n) is 2.78. The van der Waals surface area contributed by atoms with E-state index in [1.807, 2.05) is 0 Å². The molecule has 0 spiro atoms. The summed E-state index contributed by atoms with van der Waals surface area (Å²) in [4.78, 5) is 4.56. The standard InChI is InChI=1S/C11H19N3S/c1-11(2,3)10-13-9(15-14-10)6-8(12)7-4-5-7/h7-8H,4-6,12H2,1-3H3. The van der Waals surface area contributed by atoms with Crippen molar-refractivity contribution >= 4 is 11.5 Å². The summed E-state index contributed by atoms with van der Waals surface area (Å²) in [6, 6.07) is 0.297. The molecule has 1 fully saturated rings. The Morgan fingerprint density at radius 3 is 2.60 bits per heavy atom. The van der Waals surface area contributed by atoms with Crippen LogP contribution in [0.1, 0.15) is 44.4 Å². The lowest BCUT2D eigenvalue weighted by molar-refractivity contribution is 0.546. The van der Waals surface area contributed by atoms with Crippen LogP contribution in [-0.2, 0) is 11.8 Å². The second-order valence-electron chi connectivity index (χ2n) is 5.47. The maximum atomic E-state index is 6.07. The first-order valence-corrected chi connectivity index (χ1v) is 6.33. The van der Waals surface area contributed by atoms with Gasteiger partial charge in [-0.15, -0.1) is 0 Å². The van der Waals surface area contributed by atoms with Crippen LogP contribution in [0.5, 0.6) is 0 Å². The normalized spacial score (nSPS) is 19.2. The van der Waals surface area contributed by atoms with Gasteiger partial charge in [0.15, 0.2) is 0 Å². The Kier molecular flexibility index (Phi) is 2.81. The van der Waals surface area contributed by atoms with Crippen molar-refractivity contribution in [3.05, 3.63) is 10.8 Å². The van der Waals surface area contributed by atoms with Crippen LogP contribution in [0.3, 0.4) is 0 Å². The molecule has 1 aromatic heterocycles. The smallest absolute Gasteiger partial charge is 0.147 e. The number of aromatic nitrogens is 2. The van der Waals surface area contributed by atoms with Crippen molar-refractivity contribution in [2.75, 3.05) is 0 Å². The van der Waals surface area contributed by atoms with Gasteiger partial charge < -0.3 is 5.73 Å². The average molecular weight is 225 g/mol. The second kappa shape index (κ2) is 3.83. The molecule has 0 saturated heterocycles. The summed E-state index contributed by atoms with van der Waals surface area (Å²) in [6.07, 6.45) is 3.50. The highest BCUT2D eigenvalue weighted by Crippen LogP contribution is 2.33. The number of hydrogen-bond donors (Lipinski definition) is 1. The highest BCUT2D eigenvalue weighted by molar-refractivity contribution is 7.05. The van der Waals surface area contributed by atoms with Crippen LogP contribution in [-0.4, -0.2) is 15.4 Å². The van der Waals surface area contributed by atoms with E-state index in [2.05, 4.69) is 30.1 Å². The zero-order valence-corrected chi connectivity index (χ0v) is 10.5. The highest BCUT2D eigenvalue weighted by Gasteiger charge is 2.29. The largest absolute Gasteiger partial charge is 0.327 e. The monoisotopic (exact) mass is 225 g/mol. The predicted octanol–water partition coefficient (Wildman–Crippen LogP) is 2.12. The van der Waals surface area contributed by atoms with Gasteiger partial charge in [-0.2, -0.15) is 4.37 Å². The van der Waals surface area contributed by atoms with Gasteiger partial charge in [-0.1, -0.05) is 20.8 Å². The second-order valence-corrected chi connectivity index (χ2v) is 6.30. The summed E-state index contributed by atoms with van der Waals surface area (Å²) in [5, 5.41) is 1.10. The highest BCUT2D eigenvalue weighted by atomic mass is 32.1. The molecule has 2 N–H and O–H groups in total. The third-order valence-corrected chi connectivity index (χ3v) is 3.51. The lowest BCUT2D eigenvalue weighted by atomic mass is 9.96. The molecule has 1 atom stereocenters. The fourth-order valence-electron chi connectivity index (χ4n) is 1.54. The number of nitrogens with two attached hydrogens (primary N) is 1. The molecule has 15 heavy (non-hydrogen) atoms. The van der Waals surface area contributed by atoms with Crippen molar-refractivity contribution in [3.63, 3.8) is 0 Å². The predicted molar refractivity (Wildman–Crippen MR) is 63.0 cm³/mol. The van der Waals surface area contributed by atoms with Crippen LogP contribution in [0.4, 0.5) is 0 Å². The Bertz CT molecular complexity index is 336. The molecule has 1 heterocycles. The molecule has 84 valence electrons. The summed E-state index contributed by atoms with van der Waals surface area (Å²) in [5.41, 5.74) is 6.12. The van der Waals surface area contributed by atoms with E-state index in [0.29, 0.717) is 6.04 Å². The van der Waals surface area contributed by atoms with Gasteiger partial charge in [0.25, 0.3) is 0 Å². The maximum absolute atomic E-state index is 6.07. The van der Waals surface area contributed by atoms with Crippen molar-refractivity contribution in [1.82, 2.24) is 9.36 Å². The minimum atomic E-state index is 0.0540. The van der Waals surface area contributed by atoms with E-state index in [4.69, 9.17) is 5.73 Å². The average Bonchev–Trinajstić information content (AvgIpc) is 2.86. The van der Waals surface area contributed by atoms with Gasteiger partial charge in [-0.05, 0) is 30.3 Å². The number of rotatable bonds is 3. The molecule has 1 unspecified atom stereocenters. The molecule has 0 aliphatic heterocycles. The summed E-state index contributed by atoms with van der Waals surface area (Å²) in [5.74, 6) is 1.69. The Morgan fingerprint density at radius 2 is 2.13 bits per heavy atom. The molecule has 0 radical (unpaired) electrons. The van der Waals surface area contributed by atoms with E-state index in [9.17, 15) is 0 Å². The zero-order chi connectivity index (χ0) is 11.1. The van der Waals surface area contributed by atoms with Gasteiger partial charge in [0, 0.05) is 17.9 Å². The molecular formula is C11H19N3S. The molecule has 0 amide bonds. The van der Waals surface area contributed by atoms with E-state index in [1.54, 1.807) is 0 Å². The Morgan fingerprint density at radius 1 is 1.47 bits per heavy atom. The Balaban J connectivity index is 2.00. The molecular weight excluding hydrogens is 206 g/mol. The van der Waals surface area contributed by atoms with Gasteiger partial charge in [0.2, 0.25) is 0 Å². The zero-order valence-electron chi connectivity index (χ0n) is 9.66. The Hall–Kier alpha value is -0.480. The van der Waals surface area contributed by atoms with E-state index >= 15 is 0 Å². The van der Waals surface area contributed by atoms with Gasteiger partial charge >= 0.3 is 0 Å². The fourth-order valence-corrected chi connectivity index (χ4v) is 2.44. The number of hydrogen-bond acceptors (Lipinski definition) is 4. The lowest BCUT2D eigenvalue weighted by Gasteiger charge is -2.12. The SMILES string of the molecule is CC(C)(C)c1nsc(CC(N)C2CC2)n1. The molecule has 1 aliphatic rings. The fraction of sp³-hybridized carbons (Fsp3) is 0.818. The molecule has 1 aliphatic carbocycles. The van der Waals surface area contributed by atoms with Gasteiger partial charge in [0.1, 0.15) is 10.8 Å². The first-order chi connectivity index (χ1) is 6.97. The van der Waals surface area contributed by atoms with E-state index in [1.165, 1.54) is 24.4 Å². The molecule has 0 aromatic carbocycles. The molecule has 2 rings (SSSR count). The topological polar surface area (TPSA) is 51.8 Å². The third kappa shape index (κ3) is 2.75. The summed E-state index contributed by atoms with van der Waals surface area (Å²) in [7, 11) is 0. The lowest BCUT2D eigenvalue weighted by Crippen LogP contribution is -2.25. The minimum Gasteiger partial charge on any atom is -0.327 e. The summed E-state index contributed by atoms with van der Waals surface area (Å²) >= 11 is 1.51. The Labute approximate surface area is 95.3 Å². The molecule has 3 nitrogen and oxygen atoms in total. The van der Waals surface area contributed by atoms with Gasteiger partial charge in [-0.25, -0.2) is 4.98 Å². The van der Waals surface area contributed by atoms with E-state index in [-0.39, 0.29) is 5.41 Å². The number of nitrogens with zero attached hydrogens (tertiary/aromatic N) is 2. The van der Waals surface area contributed by atoms with Crippen LogP contribution in [0.15, 0.2) is 0 Å². The van der Waals surface area contributed by atoms with Crippen LogP contribution >= 0.6 is 11.5 Å². The van der Waals surface area contributed by atoms with Crippen LogP contribution in [0.2, 0.25) is 0 Å².